The number of hydrogen-bond acceptors (Lipinski definition) is 4. The van der Waals surface area contributed by atoms with Crippen molar-refractivity contribution in [3.63, 3.8) is 0 Å². The van der Waals surface area contributed by atoms with E-state index >= 15 is 0 Å². The van der Waals surface area contributed by atoms with Crippen molar-refractivity contribution in [2.75, 3.05) is 59.7 Å². The predicted octanol–water partition coefficient (Wildman–Crippen LogP) is 1.32. The van der Waals surface area contributed by atoms with Crippen molar-refractivity contribution in [1.29, 1.82) is 0 Å². The van der Waals surface area contributed by atoms with Gasteiger partial charge in [-0.1, -0.05) is 0 Å². The second kappa shape index (κ2) is 10.8. The summed E-state index contributed by atoms with van der Waals surface area (Å²) in [6.07, 6.45) is 1.16. The minimum atomic E-state index is 0.145. The molecule has 0 aromatic rings. The van der Waals surface area contributed by atoms with Gasteiger partial charge >= 0.3 is 0 Å². The molecule has 0 radical (unpaired) electrons. The molecule has 1 saturated heterocycles. The van der Waals surface area contributed by atoms with Crippen LogP contribution < -0.4 is 10.6 Å². The Morgan fingerprint density at radius 2 is 2.09 bits per heavy atom. The zero-order valence-corrected chi connectivity index (χ0v) is 15.7. The standard InChI is InChI=1S/C17H36N4O2/c1-6-18-16(19-8-9-20-17(2,3)4)21-10-7-15(13-21)14-23-12-11-22-5/h15,20H,6-14H2,1-5H3,(H,18,19). The van der Waals surface area contributed by atoms with Crippen LogP contribution in [0.3, 0.4) is 0 Å². The van der Waals surface area contributed by atoms with Gasteiger partial charge in [-0.2, -0.15) is 0 Å². The van der Waals surface area contributed by atoms with Crippen molar-refractivity contribution >= 4 is 5.96 Å². The van der Waals surface area contributed by atoms with Gasteiger partial charge in [0.15, 0.2) is 5.96 Å². The summed E-state index contributed by atoms with van der Waals surface area (Å²) in [6.45, 7) is 15.5. The predicted molar refractivity (Wildman–Crippen MR) is 96.1 cm³/mol. The Morgan fingerprint density at radius 3 is 2.74 bits per heavy atom. The third kappa shape index (κ3) is 9.13. The van der Waals surface area contributed by atoms with E-state index < -0.39 is 0 Å². The van der Waals surface area contributed by atoms with Gasteiger partial charge in [-0.3, -0.25) is 4.99 Å². The number of aliphatic imine (C=N–C) groups is 1. The van der Waals surface area contributed by atoms with Gasteiger partial charge in [0.1, 0.15) is 0 Å². The summed E-state index contributed by atoms with van der Waals surface area (Å²) in [7, 11) is 1.70. The van der Waals surface area contributed by atoms with Gasteiger partial charge in [0.25, 0.3) is 0 Å². The lowest BCUT2D eigenvalue weighted by Gasteiger charge is -2.23. The fourth-order valence-corrected chi connectivity index (χ4v) is 2.57. The number of hydrogen-bond donors (Lipinski definition) is 2. The summed E-state index contributed by atoms with van der Waals surface area (Å²) in [4.78, 5) is 7.10. The molecule has 1 heterocycles. The SMILES string of the molecule is CCNC(=NCCNC(C)(C)C)N1CCC(COCCOC)C1. The van der Waals surface area contributed by atoms with Crippen LogP contribution >= 0.6 is 0 Å². The molecule has 0 saturated carbocycles. The minimum absolute atomic E-state index is 0.145. The normalized spacial score (nSPS) is 19.4. The van der Waals surface area contributed by atoms with Gasteiger partial charge in [-0.15, -0.1) is 0 Å². The summed E-state index contributed by atoms with van der Waals surface area (Å²) >= 11 is 0. The van der Waals surface area contributed by atoms with Crippen molar-refractivity contribution in [3.05, 3.63) is 0 Å². The molecule has 1 fully saturated rings. The lowest BCUT2D eigenvalue weighted by atomic mass is 10.1. The minimum Gasteiger partial charge on any atom is -0.382 e. The van der Waals surface area contributed by atoms with Crippen LogP contribution in [0.5, 0.6) is 0 Å². The van der Waals surface area contributed by atoms with Crippen LogP contribution in [-0.4, -0.2) is 76.1 Å². The fraction of sp³-hybridized carbons (Fsp3) is 0.941. The Kier molecular flexibility index (Phi) is 9.52. The van der Waals surface area contributed by atoms with Gasteiger partial charge in [-0.05, 0) is 34.1 Å². The van der Waals surface area contributed by atoms with Crippen molar-refractivity contribution in [3.8, 4) is 0 Å². The molecule has 1 aliphatic rings. The number of ether oxygens (including phenoxy) is 2. The topological polar surface area (TPSA) is 58.1 Å². The van der Waals surface area contributed by atoms with Gasteiger partial charge in [0, 0.05) is 44.7 Å². The number of methoxy groups -OCH3 is 1. The van der Waals surface area contributed by atoms with E-state index in [2.05, 4.69) is 43.2 Å². The third-order valence-electron chi connectivity index (χ3n) is 3.73. The molecule has 0 aromatic carbocycles. The van der Waals surface area contributed by atoms with Crippen molar-refractivity contribution < 1.29 is 9.47 Å². The molecule has 136 valence electrons. The van der Waals surface area contributed by atoms with Gasteiger partial charge in [0.2, 0.25) is 0 Å². The van der Waals surface area contributed by atoms with Crippen LogP contribution in [0.25, 0.3) is 0 Å². The zero-order valence-electron chi connectivity index (χ0n) is 15.7. The first-order valence-electron chi connectivity index (χ1n) is 8.81. The quantitative estimate of drug-likeness (QED) is 0.380. The van der Waals surface area contributed by atoms with Crippen molar-refractivity contribution in [2.24, 2.45) is 10.9 Å². The molecule has 1 unspecified atom stereocenters. The van der Waals surface area contributed by atoms with Crippen LogP contribution in [0.2, 0.25) is 0 Å². The number of rotatable bonds is 9. The lowest BCUT2D eigenvalue weighted by molar-refractivity contribution is 0.0536. The third-order valence-corrected chi connectivity index (χ3v) is 3.73. The number of nitrogens with zero attached hydrogens (tertiary/aromatic N) is 2. The Morgan fingerprint density at radius 1 is 1.30 bits per heavy atom. The Balaban J connectivity index is 2.36. The smallest absolute Gasteiger partial charge is 0.193 e. The Labute approximate surface area is 142 Å². The summed E-state index contributed by atoms with van der Waals surface area (Å²) in [5.74, 6) is 1.62. The first kappa shape index (κ1) is 20.2. The summed E-state index contributed by atoms with van der Waals surface area (Å²) < 4.78 is 10.7. The molecule has 1 atom stereocenters. The van der Waals surface area contributed by atoms with E-state index in [1.54, 1.807) is 7.11 Å². The molecular formula is C17H36N4O2. The summed E-state index contributed by atoms with van der Waals surface area (Å²) in [5.41, 5.74) is 0.145. The molecule has 23 heavy (non-hydrogen) atoms. The van der Waals surface area contributed by atoms with Gasteiger partial charge in [0.05, 0.1) is 26.4 Å². The molecule has 0 bridgehead atoms. The van der Waals surface area contributed by atoms with Gasteiger partial charge in [-0.25, -0.2) is 0 Å². The second-order valence-electron chi connectivity index (χ2n) is 7.08. The number of guanidine groups is 1. The van der Waals surface area contributed by atoms with E-state index in [1.807, 2.05) is 0 Å². The van der Waals surface area contributed by atoms with Crippen LogP contribution in [-0.2, 0) is 9.47 Å². The Hall–Kier alpha value is -0.850. The van der Waals surface area contributed by atoms with E-state index in [0.717, 1.165) is 51.7 Å². The molecule has 6 heteroatoms. The van der Waals surface area contributed by atoms with Gasteiger partial charge < -0.3 is 25.0 Å². The number of nitrogens with one attached hydrogen (secondary N) is 2. The van der Waals surface area contributed by atoms with Crippen LogP contribution in [0, 0.1) is 5.92 Å². The number of likely N-dealkylation sites (tertiary alicyclic amines) is 1. The fourth-order valence-electron chi connectivity index (χ4n) is 2.57. The highest BCUT2D eigenvalue weighted by molar-refractivity contribution is 5.80. The highest BCUT2D eigenvalue weighted by atomic mass is 16.5. The largest absolute Gasteiger partial charge is 0.382 e. The van der Waals surface area contributed by atoms with E-state index in [0.29, 0.717) is 19.1 Å². The van der Waals surface area contributed by atoms with E-state index in [1.165, 1.54) is 0 Å². The highest BCUT2D eigenvalue weighted by Gasteiger charge is 2.24. The Bertz CT molecular complexity index is 342. The molecule has 1 aliphatic heterocycles. The van der Waals surface area contributed by atoms with Crippen LogP contribution in [0.4, 0.5) is 0 Å². The van der Waals surface area contributed by atoms with Crippen LogP contribution in [0.1, 0.15) is 34.1 Å². The zero-order chi connectivity index (χ0) is 17.1. The highest BCUT2D eigenvalue weighted by Crippen LogP contribution is 2.16. The van der Waals surface area contributed by atoms with E-state index in [-0.39, 0.29) is 5.54 Å². The maximum absolute atomic E-state index is 5.66. The molecular weight excluding hydrogens is 292 g/mol. The molecule has 0 amide bonds. The summed E-state index contributed by atoms with van der Waals surface area (Å²) in [6, 6.07) is 0. The molecule has 6 nitrogen and oxygen atoms in total. The van der Waals surface area contributed by atoms with E-state index in [9.17, 15) is 0 Å². The average Bonchev–Trinajstić information content (AvgIpc) is 2.94. The average molecular weight is 329 g/mol. The van der Waals surface area contributed by atoms with Crippen molar-refractivity contribution in [1.82, 2.24) is 15.5 Å². The maximum atomic E-state index is 5.66. The first-order valence-corrected chi connectivity index (χ1v) is 8.81. The molecule has 2 N–H and O–H groups in total. The molecule has 1 rings (SSSR count). The molecule has 0 aliphatic carbocycles. The van der Waals surface area contributed by atoms with Crippen molar-refractivity contribution in [2.45, 2.75) is 39.7 Å². The second-order valence-corrected chi connectivity index (χ2v) is 7.08. The van der Waals surface area contributed by atoms with E-state index in [4.69, 9.17) is 14.5 Å². The first-order chi connectivity index (χ1) is 11.0. The lowest BCUT2D eigenvalue weighted by Crippen LogP contribution is -2.41. The summed E-state index contributed by atoms with van der Waals surface area (Å²) in [5, 5.41) is 6.88. The molecule has 0 aromatic heterocycles. The monoisotopic (exact) mass is 328 g/mol. The maximum Gasteiger partial charge on any atom is 0.193 e. The van der Waals surface area contributed by atoms with Crippen LogP contribution in [0.15, 0.2) is 4.99 Å². The molecule has 0 spiro atoms.